The average Bonchev–Trinajstić information content (AvgIpc) is 1.35. The van der Waals surface area contributed by atoms with Gasteiger partial charge in [-0.25, -0.2) is 0 Å². The van der Waals surface area contributed by atoms with E-state index in [1.54, 1.807) is 6.08 Å². The van der Waals surface area contributed by atoms with Crippen LogP contribution >= 0.6 is 0 Å². The second-order valence-electron chi connectivity index (χ2n) is 1.48. The normalized spacial score (nSPS) is 7.00. The summed E-state index contributed by atoms with van der Waals surface area (Å²) >= 11 is 0. The van der Waals surface area contributed by atoms with Crippen LogP contribution < -0.4 is 0 Å². The van der Waals surface area contributed by atoms with Gasteiger partial charge >= 0.3 is 0 Å². The van der Waals surface area contributed by atoms with Gasteiger partial charge in [-0.3, -0.25) is 0 Å². The molecule has 0 nitrogen and oxygen atoms in total. The molecule has 0 aromatic carbocycles. The lowest BCUT2D eigenvalue weighted by Gasteiger charge is -1.76. The monoisotopic (exact) mass is 82.1 g/mol. The topological polar surface area (TPSA) is 0 Å². The van der Waals surface area contributed by atoms with Crippen LogP contribution in [0.1, 0.15) is 13.8 Å². The smallest absolute Gasteiger partial charge is 0.0439 e. The number of allylic oxidation sites excluding steroid dienone is 3. The Balaban J connectivity index is 3.41. The predicted molar refractivity (Wildman–Crippen MR) is 29.6 cm³/mol. The minimum absolute atomic E-state index is 1.30. The van der Waals surface area contributed by atoms with Crippen molar-refractivity contribution in [2.75, 3.05) is 0 Å². The summed E-state index contributed by atoms with van der Waals surface area (Å²) in [5, 5.41) is 0. The van der Waals surface area contributed by atoms with Crippen LogP contribution in [0.15, 0.2) is 24.3 Å². The molecule has 0 aromatic heterocycles. The van der Waals surface area contributed by atoms with Crippen molar-refractivity contribution in [3.63, 3.8) is 0 Å². The van der Waals surface area contributed by atoms with Gasteiger partial charge in [-0.05, 0) is 13.8 Å². The predicted octanol–water partition coefficient (Wildman–Crippen LogP) is 2.14. The van der Waals surface area contributed by atoms with Crippen molar-refractivity contribution in [1.82, 2.24) is 0 Å². The molecule has 0 heteroatoms. The van der Waals surface area contributed by atoms with E-state index in [1.165, 1.54) is 5.57 Å². The zero-order valence-electron chi connectivity index (χ0n) is 4.36. The summed E-state index contributed by atoms with van der Waals surface area (Å²) in [5.74, 6) is 0. The van der Waals surface area contributed by atoms with Gasteiger partial charge < -0.3 is 0 Å². The van der Waals surface area contributed by atoms with E-state index in [9.17, 15) is 0 Å². The number of rotatable bonds is 1. The van der Waals surface area contributed by atoms with Crippen molar-refractivity contribution in [1.29, 1.82) is 0 Å². The lowest BCUT2D eigenvalue weighted by Crippen LogP contribution is -1.54. The van der Waals surface area contributed by atoms with Crippen LogP contribution in [-0.2, 0) is 0 Å². The van der Waals surface area contributed by atoms with E-state index in [2.05, 4.69) is 6.58 Å². The summed E-state index contributed by atoms with van der Waals surface area (Å²) in [4.78, 5) is 0. The molecule has 0 saturated heterocycles. The highest BCUT2D eigenvalue weighted by Gasteiger charge is 1.63. The first-order valence-electron chi connectivity index (χ1n) is 2.03. The molecule has 0 heterocycles. The molecule has 0 aliphatic heterocycles. The lowest BCUT2D eigenvalue weighted by atomic mass is 10.3. The van der Waals surface area contributed by atoms with Crippen LogP contribution in [0.4, 0.5) is 0 Å². The molecule has 34 valence electrons. The molecular formula is C6H10. The largest absolute Gasteiger partial charge is 0.0991 e. The fraction of sp³-hybridized carbons (Fsp3) is 0.333. The Kier molecular flexibility index (Phi) is 2.47. The van der Waals surface area contributed by atoms with Crippen LogP contribution in [0, 0.1) is 0 Å². The van der Waals surface area contributed by atoms with E-state index in [1.807, 2.05) is 19.9 Å². The molecule has 0 rings (SSSR count). The highest BCUT2D eigenvalue weighted by Crippen LogP contribution is 1.85. The zero-order valence-corrected chi connectivity index (χ0v) is 4.36. The average molecular weight is 82.1 g/mol. The maximum Gasteiger partial charge on any atom is -0.0439 e. The minimum atomic E-state index is 1.30. The molecule has 0 saturated carbocycles. The van der Waals surface area contributed by atoms with Crippen LogP contribution in [0.2, 0.25) is 0 Å². The first kappa shape index (κ1) is 5.48. The Labute approximate surface area is 39.2 Å². The van der Waals surface area contributed by atoms with E-state index in [0.717, 1.165) is 0 Å². The van der Waals surface area contributed by atoms with Crippen molar-refractivity contribution in [2.45, 2.75) is 13.8 Å². The molecule has 0 spiro atoms. The third kappa shape index (κ3) is 3.48. The first-order chi connectivity index (χ1) is 2.77. The molecule has 0 amide bonds. The fourth-order valence-electron chi connectivity index (χ4n) is 0.236. The summed E-state index contributed by atoms with van der Waals surface area (Å²) in [6.07, 6.45) is 3.76. The van der Waals surface area contributed by atoms with Crippen LogP contribution in [0.25, 0.3) is 0 Å². The summed E-state index contributed by atoms with van der Waals surface area (Å²) in [6, 6.07) is 0. The van der Waals surface area contributed by atoms with Crippen molar-refractivity contribution in [3.05, 3.63) is 24.3 Å². The van der Waals surface area contributed by atoms with Crippen LogP contribution in [-0.4, -0.2) is 0 Å². The SMILES string of the molecule is C=CC=C(C)C. The summed E-state index contributed by atoms with van der Waals surface area (Å²) in [7, 11) is 0. The zero-order chi connectivity index (χ0) is 4.99. The van der Waals surface area contributed by atoms with Gasteiger partial charge in [0.15, 0.2) is 0 Å². The number of hydrogen-bond donors (Lipinski definition) is 0. The minimum Gasteiger partial charge on any atom is -0.0991 e. The molecular weight excluding hydrogens is 72.1 g/mol. The van der Waals surface area contributed by atoms with Gasteiger partial charge in [-0.1, -0.05) is 24.3 Å². The molecule has 0 aliphatic rings. The molecule has 0 radical (unpaired) electrons. The second kappa shape index (κ2) is 2.70. The van der Waals surface area contributed by atoms with Crippen molar-refractivity contribution in [3.8, 4) is 0 Å². The molecule has 0 aliphatic carbocycles. The quantitative estimate of drug-likeness (QED) is 0.425. The van der Waals surface area contributed by atoms with Gasteiger partial charge in [-0.15, -0.1) is 0 Å². The molecule has 0 N–H and O–H groups in total. The van der Waals surface area contributed by atoms with Gasteiger partial charge in [0.05, 0.1) is 0 Å². The third-order valence-electron chi connectivity index (χ3n) is 0.451. The van der Waals surface area contributed by atoms with Crippen LogP contribution in [0.3, 0.4) is 0 Å². The summed E-state index contributed by atoms with van der Waals surface area (Å²) in [6.45, 7) is 7.61. The van der Waals surface area contributed by atoms with E-state index >= 15 is 0 Å². The van der Waals surface area contributed by atoms with Crippen molar-refractivity contribution < 1.29 is 0 Å². The molecule has 0 unspecified atom stereocenters. The highest BCUT2D eigenvalue weighted by molar-refractivity contribution is 5.04. The Morgan fingerprint density at radius 1 is 1.50 bits per heavy atom. The van der Waals surface area contributed by atoms with Crippen LogP contribution in [0.5, 0.6) is 0 Å². The Hall–Kier alpha value is -0.520. The van der Waals surface area contributed by atoms with E-state index in [0.29, 0.717) is 0 Å². The Morgan fingerprint density at radius 3 is 2.00 bits per heavy atom. The van der Waals surface area contributed by atoms with Gasteiger partial charge in [0.2, 0.25) is 0 Å². The maximum absolute atomic E-state index is 3.52. The molecule has 0 fully saturated rings. The summed E-state index contributed by atoms with van der Waals surface area (Å²) < 4.78 is 0. The van der Waals surface area contributed by atoms with E-state index in [4.69, 9.17) is 0 Å². The Morgan fingerprint density at radius 2 is 2.00 bits per heavy atom. The number of hydrogen-bond acceptors (Lipinski definition) is 0. The Bertz CT molecular complexity index is 64.1. The standard InChI is InChI=1S/C6H10/c1-4-5-6(2)3/h4-5H,1H2,2-3H3. The van der Waals surface area contributed by atoms with E-state index in [-0.39, 0.29) is 0 Å². The fourth-order valence-corrected chi connectivity index (χ4v) is 0.236. The van der Waals surface area contributed by atoms with Crippen molar-refractivity contribution >= 4 is 0 Å². The molecule has 0 aromatic rings. The summed E-state index contributed by atoms with van der Waals surface area (Å²) in [5.41, 5.74) is 1.30. The van der Waals surface area contributed by atoms with E-state index < -0.39 is 0 Å². The molecule has 0 atom stereocenters. The molecule has 6 heavy (non-hydrogen) atoms. The second-order valence-corrected chi connectivity index (χ2v) is 1.48. The van der Waals surface area contributed by atoms with Gasteiger partial charge in [0.1, 0.15) is 0 Å². The van der Waals surface area contributed by atoms with Gasteiger partial charge in [0.25, 0.3) is 0 Å². The highest BCUT2D eigenvalue weighted by atomic mass is 13.7. The third-order valence-corrected chi connectivity index (χ3v) is 0.451. The van der Waals surface area contributed by atoms with Crippen molar-refractivity contribution in [2.24, 2.45) is 0 Å². The van der Waals surface area contributed by atoms with Gasteiger partial charge in [0, 0.05) is 0 Å². The van der Waals surface area contributed by atoms with Gasteiger partial charge in [-0.2, -0.15) is 0 Å². The first-order valence-corrected chi connectivity index (χ1v) is 2.03. The molecule has 0 bridgehead atoms. The maximum atomic E-state index is 3.52. The lowest BCUT2D eigenvalue weighted by molar-refractivity contribution is 1.40.